The summed E-state index contributed by atoms with van der Waals surface area (Å²) >= 11 is 1.38. The minimum atomic E-state index is -0.318. The first-order chi connectivity index (χ1) is 15.8. The van der Waals surface area contributed by atoms with E-state index in [-0.39, 0.29) is 17.8 Å². The molecule has 1 heterocycles. The highest BCUT2D eigenvalue weighted by Gasteiger charge is 2.21. The summed E-state index contributed by atoms with van der Waals surface area (Å²) in [7, 11) is 1.63. The maximum Gasteiger partial charge on any atom is 0.234 e. The molecular formula is C25H32N4O3S. The Balaban J connectivity index is 1.71. The Morgan fingerprint density at radius 3 is 2.55 bits per heavy atom. The van der Waals surface area contributed by atoms with Crippen molar-refractivity contribution < 1.29 is 14.3 Å². The van der Waals surface area contributed by atoms with E-state index in [1.807, 2.05) is 61.7 Å². The van der Waals surface area contributed by atoms with Gasteiger partial charge in [-0.05, 0) is 50.5 Å². The van der Waals surface area contributed by atoms with Gasteiger partial charge in [0.05, 0.1) is 12.9 Å². The maximum absolute atomic E-state index is 12.6. The van der Waals surface area contributed by atoms with Crippen molar-refractivity contribution in [3.05, 3.63) is 59.4 Å². The number of hydrogen-bond acceptors (Lipinski definition) is 6. The second-order valence-electron chi connectivity index (χ2n) is 8.44. The molecule has 33 heavy (non-hydrogen) atoms. The Labute approximate surface area is 199 Å². The van der Waals surface area contributed by atoms with Gasteiger partial charge >= 0.3 is 0 Å². The Bertz CT molecular complexity index is 1100. The molecule has 1 aromatic heterocycles. The highest BCUT2D eigenvalue weighted by Crippen LogP contribution is 2.27. The molecular weight excluding hydrogens is 436 g/mol. The molecule has 0 bridgehead atoms. The first-order valence-corrected chi connectivity index (χ1v) is 12.0. The number of hydrogen-bond donors (Lipinski definition) is 1. The third-order valence-corrected chi connectivity index (χ3v) is 5.97. The second kappa shape index (κ2) is 11.2. The molecule has 0 saturated carbocycles. The number of nitrogens with one attached hydrogen (secondary N) is 1. The van der Waals surface area contributed by atoms with Crippen molar-refractivity contribution in [2.24, 2.45) is 5.92 Å². The number of aryl methyl sites for hydroxylation is 2. The summed E-state index contributed by atoms with van der Waals surface area (Å²) in [6, 6.07) is 13.5. The quantitative estimate of drug-likeness (QED) is 0.400. The number of anilines is 1. The SMILES string of the molecule is COc1cccc(OC(C)c2nnc(SCC(=O)Nc3ccc(C)cc3C)n2CC(C)C)c1. The van der Waals surface area contributed by atoms with E-state index >= 15 is 0 Å². The van der Waals surface area contributed by atoms with Crippen molar-refractivity contribution in [1.82, 2.24) is 14.8 Å². The maximum atomic E-state index is 12.6. The Morgan fingerprint density at radius 1 is 1.09 bits per heavy atom. The predicted molar refractivity (Wildman–Crippen MR) is 132 cm³/mol. The molecule has 0 fully saturated rings. The zero-order valence-corrected chi connectivity index (χ0v) is 20.9. The number of carbonyl (C=O) groups is 1. The van der Waals surface area contributed by atoms with Crippen LogP contribution >= 0.6 is 11.8 Å². The molecule has 0 aliphatic rings. The van der Waals surface area contributed by atoms with Crippen molar-refractivity contribution in [3.63, 3.8) is 0 Å². The average molecular weight is 469 g/mol. The van der Waals surface area contributed by atoms with Crippen LogP contribution in [0.2, 0.25) is 0 Å². The van der Waals surface area contributed by atoms with Crippen LogP contribution in [0.15, 0.2) is 47.6 Å². The zero-order chi connectivity index (χ0) is 24.0. The Kier molecular flexibility index (Phi) is 8.38. The third-order valence-electron chi connectivity index (χ3n) is 5.00. The minimum absolute atomic E-state index is 0.0757. The fourth-order valence-electron chi connectivity index (χ4n) is 3.45. The van der Waals surface area contributed by atoms with Crippen LogP contribution in [0.3, 0.4) is 0 Å². The van der Waals surface area contributed by atoms with E-state index in [9.17, 15) is 4.79 Å². The molecule has 0 radical (unpaired) electrons. The first-order valence-electron chi connectivity index (χ1n) is 11.0. The van der Waals surface area contributed by atoms with E-state index in [4.69, 9.17) is 9.47 Å². The van der Waals surface area contributed by atoms with Crippen molar-refractivity contribution in [2.45, 2.75) is 52.4 Å². The fraction of sp³-hybridized carbons (Fsp3) is 0.400. The third kappa shape index (κ3) is 6.74. The first kappa shape index (κ1) is 24.6. The standard InChI is InChI=1S/C25H32N4O3S/c1-16(2)14-29-24(19(5)32-21-9-7-8-20(13-21)31-6)27-28-25(29)33-15-23(30)26-22-11-10-17(3)12-18(22)4/h7-13,16,19H,14-15H2,1-6H3,(H,26,30). The van der Waals surface area contributed by atoms with Crippen LogP contribution in [-0.2, 0) is 11.3 Å². The number of nitrogens with zero attached hydrogens (tertiary/aromatic N) is 3. The van der Waals surface area contributed by atoms with E-state index < -0.39 is 0 Å². The number of aromatic nitrogens is 3. The molecule has 1 amide bonds. The molecule has 3 aromatic rings. The van der Waals surface area contributed by atoms with Gasteiger partial charge in [-0.2, -0.15) is 0 Å². The van der Waals surface area contributed by atoms with Gasteiger partial charge in [-0.3, -0.25) is 4.79 Å². The highest BCUT2D eigenvalue weighted by atomic mass is 32.2. The van der Waals surface area contributed by atoms with Crippen molar-refractivity contribution in [1.29, 1.82) is 0 Å². The molecule has 0 aliphatic heterocycles. The van der Waals surface area contributed by atoms with Crippen LogP contribution in [-0.4, -0.2) is 33.5 Å². The summed E-state index contributed by atoms with van der Waals surface area (Å²) in [5.74, 6) is 2.70. The average Bonchev–Trinajstić information content (AvgIpc) is 3.16. The van der Waals surface area contributed by atoms with E-state index in [2.05, 4.69) is 35.4 Å². The number of ether oxygens (including phenoxy) is 2. The number of methoxy groups -OCH3 is 1. The molecule has 1 atom stereocenters. The van der Waals surface area contributed by atoms with Crippen LogP contribution in [0.1, 0.15) is 43.8 Å². The molecule has 2 aromatic carbocycles. The zero-order valence-electron chi connectivity index (χ0n) is 20.1. The van der Waals surface area contributed by atoms with Crippen LogP contribution in [0.25, 0.3) is 0 Å². The van der Waals surface area contributed by atoms with E-state index in [0.29, 0.717) is 16.8 Å². The van der Waals surface area contributed by atoms with Gasteiger partial charge < -0.3 is 19.4 Å². The lowest BCUT2D eigenvalue weighted by Crippen LogP contribution is -2.17. The second-order valence-corrected chi connectivity index (χ2v) is 9.38. The summed E-state index contributed by atoms with van der Waals surface area (Å²) in [4.78, 5) is 12.6. The molecule has 1 N–H and O–H groups in total. The molecule has 0 saturated heterocycles. The number of thioether (sulfide) groups is 1. The highest BCUT2D eigenvalue weighted by molar-refractivity contribution is 7.99. The van der Waals surface area contributed by atoms with Gasteiger partial charge in [0, 0.05) is 18.3 Å². The lowest BCUT2D eigenvalue weighted by atomic mass is 10.1. The van der Waals surface area contributed by atoms with E-state index in [0.717, 1.165) is 29.4 Å². The summed E-state index contributed by atoms with van der Waals surface area (Å²) < 4.78 is 13.4. The molecule has 7 nitrogen and oxygen atoms in total. The topological polar surface area (TPSA) is 78.3 Å². The smallest absolute Gasteiger partial charge is 0.234 e. The minimum Gasteiger partial charge on any atom is -0.497 e. The predicted octanol–water partition coefficient (Wildman–Crippen LogP) is 5.43. The van der Waals surface area contributed by atoms with Gasteiger partial charge in [0.15, 0.2) is 17.1 Å². The van der Waals surface area contributed by atoms with E-state index in [1.54, 1.807) is 7.11 Å². The Hall–Kier alpha value is -3.00. The molecule has 0 aliphatic carbocycles. The summed E-state index contributed by atoms with van der Waals surface area (Å²) in [5, 5.41) is 12.5. The van der Waals surface area contributed by atoms with Gasteiger partial charge in [-0.1, -0.05) is 49.4 Å². The van der Waals surface area contributed by atoms with Crippen LogP contribution < -0.4 is 14.8 Å². The monoisotopic (exact) mass is 468 g/mol. The molecule has 1 unspecified atom stereocenters. The van der Waals surface area contributed by atoms with Crippen LogP contribution in [0.4, 0.5) is 5.69 Å². The van der Waals surface area contributed by atoms with Crippen molar-refractivity contribution >= 4 is 23.4 Å². The summed E-state index contributed by atoms with van der Waals surface area (Å²) in [5.41, 5.74) is 3.04. The van der Waals surface area contributed by atoms with E-state index in [1.165, 1.54) is 17.3 Å². The number of rotatable bonds is 10. The largest absolute Gasteiger partial charge is 0.497 e. The van der Waals surface area contributed by atoms with Crippen molar-refractivity contribution in [3.8, 4) is 11.5 Å². The summed E-state index contributed by atoms with van der Waals surface area (Å²) in [6.07, 6.45) is -0.318. The van der Waals surface area contributed by atoms with Gasteiger partial charge in [0.1, 0.15) is 11.5 Å². The van der Waals surface area contributed by atoms with Crippen molar-refractivity contribution in [2.75, 3.05) is 18.2 Å². The molecule has 0 spiro atoms. The molecule has 176 valence electrons. The lowest BCUT2D eigenvalue weighted by molar-refractivity contribution is -0.113. The van der Waals surface area contributed by atoms with Crippen LogP contribution in [0, 0.1) is 19.8 Å². The van der Waals surface area contributed by atoms with Gasteiger partial charge in [-0.15, -0.1) is 10.2 Å². The molecule has 8 heteroatoms. The summed E-state index contributed by atoms with van der Waals surface area (Å²) in [6.45, 7) is 11.0. The van der Waals surface area contributed by atoms with Gasteiger partial charge in [0.25, 0.3) is 0 Å². The Morgan fingerprint density at radius 2 is 1.85 bits per heavy atom. The van der Waals surface area contributed by atoms with Gasteiger partial charge in [0.2, 0.25) is 5.91 Å². The normalized spacial score (nSPS) is 12.0. The lowest BCUT2D eigenvalue weighted by Gasteiger charge is -2.18. The fourth-order valence-corrected chi connectivity index (χ4v) is 4.20. The number of amides is 1. The molecule has 3 rings (SSSR count). The number of carbonyl (C=O) groups excluding carboxylic acids is 1. The van der Waals surface area contributed by atoms with Gasteiger partial charge in [-0.25, -0.2) is 0 Å². The number of benzene rings is 2. The van der Waals surface area contributed by atoms with Crippen LogP contribution in [0.5, 0.6) is 11.5 Å².